The molecule has 2 rings (SSSR count). The minimum Gasteiger partial charge on any atom is -0.507 e. The summed E-state index contributed by atoms with van der Waals surface area (Å²) in [5.41, 5.74) is 0.938. The van der Waals surface area contributed by atoms with Crippen LogP contribution >= 0.6 is 0 Å². The first-order valence-corrected chi connectivity index (χ1v) is 5.03. The van der Waals surface area contributed by atoms with Crippen molar-refractivity contribution in [2.45, 2.75) is 0 Å². The Hall–Kier alpha value is -2.49. The van der Waals surface area contributed by atoms with E-state index in [9.17, 15) is 9.90 Å². The van der Waals surface area contributed by atoms with Gasteiger partial charge in [0.05, 0.1) is 0 Å². The van der Waals surface area contributed by atoms with Gasteiger partial charge in [-0.05, 0) is 24.3 Å². The average molecular weight is 226 g/mol. The van der Waals surface area contributed by atoms with Gasteiger partial charge in [0.25, 0.3) is 0 Å². The molecule has 2 heterocycles. The number of aromatic nitrogens is 2. The van der Waals surface area contributed by atoms with Crippen LogP contribution in [0, 0.1) is 0 Å². The topological polar surface area (TPSA) is 63.1 Å². The van der Waals surface area contributed by atoms with Crippen molar-refractivity contribution in [1.29, 1.82) is 0 Å². The lowest BCUT2D eigenvalue weighted by Gasteiger charge is -1.99. The zero-order valence-electron chi connectivity index (χ0n) is 8.95. The third kappa shape index (κ3) is 2.75. The third-order valence-electron chi connectivity index (χ3n) is 2.17. The molecule has 0 amide bonds. The normalized spacial score (nSPS) is 11.2. The molecule has 0 fully saturated rings. The van der Waals surface area contributed by atoms with E-state index in [1.54, 1.807) is 36.7 Å². The van der Waals surface area contributed by atoms with Crippen molar-refractivity contribution in [2.75, 3.05) is 0 Å². The van der Waals surface area contributed by atoms with Crippen molar-refractivity contribution in [1.82, 2.24) is 9.97 Å². The maximum Gasteiger partial charge on any atom is 0.191 e. The molecule has 17 heavy (non-hydrogen) atoms. The summed E-state index contributed by atoms with van der Waals surface area (Å²) >= 11 is 0. The van der Waals surface area contributed by atoms with E-state index in [0.717, 1.165) is 6.08 Å². The Morgan fingerprint density at radius 1 is 1.06 bits per heavy atom. The molecule has 0 aliphatic rings. The van der Waals surface area contributed by atoms with Crippen LogP contribution in [-0.4, -0.2) is 20.9 Å². The van der Waals surface area contributed by atoms with Crippen LogP contribution in [0.4, 0.5) is 0 Å². The number of carbonyl (C=O) groups is 1. The molecule has 0 spiro atoms. The number of carbonyl (C=O) groups excluding carboxylic acids is 1. The molecule has 84 valence electrons. The molecular weight excluding hydrogens is 216 g/mol. The fourth-order valence-corrected chi connectivity index (χ4v) is 1.31. The van der Waals surface area contributed by atoms with Crippen LogP contribution in [0.2, 0.25) is 0 Å². The van der Waals surface area contributed by atoms with Crippen LogP contribution in [-0.2, 0) is 0 Å². The number of rotatable bonds is 3. The fourth-order valence-electron chi connectivity index (χ4n) is 1.31. The van der Waals surface area contributed by atoms with Gasteiger partial charge in [-0.25, -0.2) is 0 Å². The van der Waals surface area contributed by atoms with Gasteiger partial charge in [0.15, 0.2) is 5.78 Å². The predicted octanol–water partition coefficient (Wildman–Crippen LogP) is 2.26. The quantitative estimate of drug-likeness (QED) is 0.495. The van der Waals surface area contributed by atoms with Crippen molar-refractivity contribution in [2.24, 2.45) is 0 Å². The van der Waals surface area contributed by atoms with Gasteiger partial charge >= 0.3 is 0 Å². The summed E-state index contributed by atoms with van der Waals surface area (Å²) in [5.74, 6) is -0.397. The Morgan fingerprint density at radius 2 is 1.65 bits per heavy atom. The first kappa shape index (κ1) is 11.0. The van der Waals surface area contributed by atoms with Crippen molar-refractivity contribution >= 4 is 11.5 Å². The molecule has 0 saturated heterocycles. The van der Waals surface area contributed by atoms with Gasteiger partial charge in [-0.15, -0.1) is 0 Å². The van der Waals surface area contributed by atoms with Crippen LogP contribution in [0.5, 0.6) is 0 Å². The summed E-state index contributed by atoms with van der Waals surface area (Å²) in [6.07, 6.45) is 7.28. The maximum atomic E-state index is 11.7. The molecule has 0 radical (unpaired) electrons. The molecule has 0 atom stereocenters. The number of aliphatic hydroxyl groups is 1. The summed E-state index contributed by atoms with van der Waals surface area (Å²) < 4.78 is 0. The van der Waals surface area contributed by atoms with Crippen LogP contribution in [0.3, 0.4) is 0 Å². The lowest BCUT2D eigenvalue weighted by molar-refractivity contribution is 0.104. The molecule has 0 aliphatic carbocycles. The molecule has 1 N–H and O–H groups in total. The Balaban J connectivity index is 2.24. The number of allylic oxidation sites excluding steroid dienone is 1. The number of aliphatic hydroxyl groups excluding tert-OH is 1. The largest absolute Gasteiger partial charge is 0.507 e. The first-order valence-electron chi connectivity index (χ1n) is 5.03. The second kappa shape index (κ2) is 5.03. The van der Waals surface area contributed by atoms with Crippen LogP contribution < -0.4 is 0 Å². The summed E-state index contributed by atoms with van der Waals surface area (Å²) in [7, 11) is 0. The molecule has 0 saturated carbocycles. The number of hydrogen-bond acceptors (Lipinski definition) is 4. The number of nitrogens with zero attached hydrogens (tertiary/aromatic N) is 2. The van der Waals surface area contributed by atoms with Gasteiger partial charge in [-0.2, -0.15) is 0 Å². The second-order valence-electron chi connectivity index (χ2n) is 3.38. The first-order chi connectivity index (χ1) is 8.27. The van der Waals surface area contributed by atoms with E-state index in [1.807, 2.05) is 0 Å². The Labute approximate surface area is 98.3 Å². The van der Waals surface area contributed by atoms with Gasteiger partial charge < -0.3 is 5.11 Å². The highest BCUT2D eigenvalue weighted by Crippen LogP contribution is 2.10. The van der Waals surface area contributed by atoms with E-state index < -0.39 is 0 Å². The van der Waals surface area contributed by atoms with Gasteiger partial charge in [-0.1, -0.05) is 0 Å². The van der Waals surface area contributed by atoms with Crippen LogP contribution in [0.15, 0.2) is 55.1 Å². The van der Waals surface area contributed by atoms with Crippen molar-refractivity contribution < 1.29 is 9.90 Å². The maximum absolute atomic E-state index is 11.7. The second-order valence-corrected chi connectivity index (χ2v) is 3.38. The van der Waals surface area contributed by atoms with Gasteiger partial charge in [0, 0.05) is 42.0 Å². The average Bonchev–Trinajstić information content (AvgIpc) is 2.40. The highest BCUT2D eigenvalue weighted by molar-refractivity contribution is 6.07. The molecule has 2 aromatic heterocycles. The van der Waals surface area contributed by atoms with Gasteiger partial charge in [0.2, 0.25) is 0 Å². The standard InChI is InChI=1S/C13H10N2O2/c16-12(10-3-1-5-14-8-10)7-13(17)11-4-2-6-15-9-11/h1-9,16H/b12-7-. The van der Waals surface area contributed by atoms with Gasteiger partial charge in [-0.3, -0.25) is 14.8 Å². The minimum atomic E-state index is -0.292. The summed E-state index contributed by atoms with van der Waals surface area (Å²) in [4.78, 5) is 19.4. The molecule has 0 aliphatic heterocycles. The predicted molar refractivity (Wildman–Crippen MR) is 63.4 cm³/mol. The number of pyridine rings is 2. The zero-order chi connectivity index (χ0) is 12.1. The van der Waals surface area contributed by atoms with E-state index in [-0.39, 0.29) is 11.5 Å². The van der Waals surface area contributed by atoms with E-state index in [1.165, 1.54) is 12.4 Å². The Kier molecular flexibility index (Phi) is 3.25. The molecule has 4 nitrogen and oxygen atoms in total. The lowest BCUT2D eigenvalue weighted by Crippen LogP contribution is -1.97. The highest BCUT2D eigenvalue weighted by atomic mass is 16.3. The molecule has 4 heteroatoms. The Bertz CT molecular complexity index is 536. The molecule has 2 aromatic rings. The fraction of sp³-hybridized carbons (Fsp3) is 0. The van der Waals surface area contributed by atoms with Crippen LogP contribution in [0.25, 0.3) is 5.76 Å². The molecule has 0 unspecified atom stereocenters. The SMILES string of the molecule is O=C(/C=C(\O)c1cccnc1)c1cccnc1. The Morgan fingerprint density at radius 3 is 2.18 bits per heavy atom. The molecule has 0 aromatic carbocycles. The zero-order valence-corrected chi connectivity index (χ0v) is 8.95. The van der Waals surface area contributed by atoms with Crippen LogP contribution in [0.1, 0.15) is 15.9 Å². The van der Waals surface area contributed by atoms with Crippen molar-refractivity contribution in [3.63, 3.8) is 0 Å². The molecule has 0 bridgehead atoms. The summed E-state index contributed by atoms with van der Waals surface area (Å²) in [5, 5.41) is 9.73. The smallest absolute Gasteiger partial charge is 0.191 e. The van der Waals surface area contributed by atoms with Crippen molar-refractivity contribution in [3.05, 3.63) is 66.3 Å². The van der Waals surface area contributed by atoms with Gasteiger partial charge in [0.1, 0.15) is 5.76 Å². The number of hydrogen-bond donors (Lipinski definition) is 1. The van der Waals surface area contributed by atoms with E-state index in [2.05, 4.69) is 9.97 Å². The van der Waals surface area contributed by atoms with E-state index in [0.29, 0.717) is 11.1 Å². The number of ketones is 1. The third-order valence-corrected chi connectivity index (χ3v) is 2.17. The lowest BCUT2D eigenvalue weighted by atomic mass is 10.1. The summed E-state index contributed by atoms with van der Waals surface area (Å²) in [6, 6.07) is 6.67. The van der Waals surface area contributed by atoms with E-state index in [4.69, 9.17) is 0 Å². The summed E-state index contributed by atoms with van der Waals surface area (Å²) in [6.45, 7) is 0. The monoisotopic (exact) mass is 226 g/mol. The molecular formula is C13H10N2O2. The minimum absolute atomic E-state index is 0.105. The highest BCUT2D eigenvalue weighted by Gasteiger charge is 2.05. The van der Waals surface area contributed by atoms with Crippen molar-refractivity contribution in [3.8, 4) is 0 Å². The van der Waals surface area contributed by atoms with E-state index >= 15 is 0 Å².